The number of hydrogen-bond donors (Lipinski definition) is 3. The van der Waals surface area contributed by atoms with Crippen molar-refractivity contribution in [2.45, 2.75) is 6.54 Å². The predicted octanol–water partition coefficient (Wildman–Crippen LogP) is 0.714. The van der Waals surface area contributed by atoms with Crippen molar-refractivity contribution in [2.75, 3.05) is 0 Å². The van der Waals surface area contributed by atoms with Gasteiger partial charge in [-0.25, -0.2) is 13.2 Å². The van der Waals surface area contributed by atoms with Crippen LogP contribution in [0.1, 0.15) is 15.9 Å². The highest BCUT2D eigenvalue weighted by Gasteiger charge is 2.16. The van der Waals surface area contributed by atoms with Gasteiger partial charge in [-0.3, -0.25) is 4.79 Å². The Morgan fingerprint density at radius 2 is 1.59 bits per heavy atom. The van der Waals surface area contributed by atoms with Gasteiger partial charge in [-0.15, -0.1) is 0 Å². The molecule has 1 amide bonds. The second-order valence-corrected chi connectivity index (χ2v) is 4.54. The summed E-state index contributed by atoms with van der Waals surface area (Å²) < 4.78 is 39.2. The normalized spacial score (nSPS) is 10.4. The van der Waals surface area contributed by atoms with E-state index in [9.17, 15) is 18.0 Å². The molecule has 22 heavy (non-hydrogen) atoms. The van der Waals surface area contributed by atoms with Crippen LogP contribution in [0.5, 0.6) is 0 Å². The molecule has 2 aromatic carbocycles. The van der Waals surface area contributed by atoms with Crippen LogP contribution in [0.3, 0.4) is 0 Å². The molecule has 114 valence electrons. The molecule has 0 bridgehead atoms. The minimum Gasteiger partial charge on any atom is -0.423 e. The Balaban J connectivity index is 2.05. The van der Waals surface area contributed by atoms with Gasteiger partial charge in [0.2, 0.25) is 0 Å². The van der Waals surface area contributed by atoms with Crippen LogP contribution in [0, 0.1) is 17.5 Å². The average molecular weight is 309 g/mol. The lowest BCUT2D eigenvalue weighted by atomic mass is 9.80. The molecule has 0 unspecified atom stereocenters. The van der Waals surface area contributed by atoms with Crippen LogP contribution in [-0.4, -0.2) is 23.1 Å². The molecule has 0 aliphatic rings. The molecular formula is C14H11BF3NO3. The fourth-order valence-electron chi connectivity index (χ4n) is 1.78. The van der Waals surface area contributed by atoms with E-state index in [0.29, 0.717) is 17.7 Å². The molecule has 8 heteroatoms. The number of nitrogens with one attached hydrogen (secondary N) is 1. The first kappa shape index (κ1) is 16.1. The molecule has 0 fully saturated rings. The summed E-state index contributed by atoms with van der Waals surface area (Å²) in [7, 11) is -1.60. The smallest absolute Gasteiger partial charge is 0.423 e. The van der Waals surface area contributed by atoms with Crippen molar-refractivity contribution in [3.8, 4) is 0 Å². The van der Waals surface area contributed by atoms with Crippen LogP contribution in [0.25, 0.3) is 0 Å². The minimum atomic E-state index is -1.60. The molecule has 0 saturated carbocycles. The SMILES string of the molecule is O=C(NCc1ccc(B(O)O)cc1)c1cc(F)c(F)cc1F. The summed E-state index contributed by atoms with van der Waals surface area (Å²) in [6.07, 6.45) is 0. The number of halogens is 3. The van der Waals surface area contributed by atoms with Crippen LogP contribution in [-0.2, 0) is 6.54 Å². The van der Waals surface area contributed by atoms with Crippen LogP contribution in [0.2, 0.25) is 0 Å². The van der Waals surface area contributed by atoms with Crippen LogP contribution in [0.15, 0.2) is 36.4 Å². The lowest BCUT2D eigenvalue weighted by molar-refractivity contribution is 0.0946. The Hall–Kier alpha value is -2.32. The summed E-state index contributed by atoms with van der Waals surface area (Å²) >= 11 is 0. The van der Waals surface area contributed by atoms with Gasteiger partial charge in [-0.2, -0.15) is 0 Å². The molecule has 0 atom stereocenters. The Bertz CT molecular complexity index is 692. The first-order valence-electron chi connectivity index (χ1n) is 6.26. The molecule has 0 aromatic heterocycles. The van der Waals surface area contributed by atoms with E-state index in [2.05, 4.69) is 5.32 Å². The molecule has 0 spiro atoms. The van der Waals surface area contributed by atoms with Gasteiger partial charge < -0.3 is 15.4 Å². The topological polar surface area (TPSA) is 69.6 Å². The number of benzene rings is 2. The third-order valence-corrected chi connectivity index (χ3v) is 2.99. The third kappa shape index (κ3) is 3.66. The Morgan fingerprint density at radius 3 is 2.18 bits per heavy atom. The van der Waals surface area contributed by atoms with Crippen molar-refractivity contribution in [1.29, 1.82) is 0 Å². The van der Waals surface area contributed by atoms with Crippen molar-refractivity contribution < 1.29 is 28.0 Å². The largest absolute Gasteiger partial charge is 0.488 e. The van der Waals surface area contributed by atoms with Crippen LogP contribution >= 0.6 is 0 Å². The molecule has 4 nitrogen and oxygen atoms in total. The second kappa shape index (κ2) is 6.63. The van der Waals surface area contributed by atoms with E-state index in [0.717, 1.165) is 0 Å². The molecule has 0 heterocycles. The summed E-state index contributed by atoms with van der Waals surface area (Å²) in [5, 5.41) is 20.2. The lowest BCUT2D eigenvalue weighted by Gasteiger charge is -2.07. The van der Waals surface area contributed by atoms with Gasteiger partial charge in [0.15, 0.2) is 11.6 Å². The molecule has 0 saturated heterocycles. The van der Waals surface area contributed by atoms with Crippen molar-refractivity contribution in [3.63, 3.8) is 0 Å². The lowest BCUT2D eigenvalue weighted by Crippen LogP contribution is -2.30. The van der Waals surface area contributed by atoms with Crippen molar-refractivity contribution >= 4 is 18.5 Å². The Kier molecular flexibility index (Phi) is 4.84. The van der Waals surface area contributed by atoms with Gasteiger partial charge in [-0.05, 0) is 17.1 Å². The average Bonchev–Trinajstić information content (AvgIpc) is 2.49. The number of amides is 1. The second-order valence-electron chi connectivity index (χ2n) is 4.54. The minimum absolute atomic E-state index is 0.0130. The maximum Gasteiger partial charge on any atom is 0.488 e. The zero-order chi connectivity index (χ0) is 16.3. The molecule has 2 aromatic rings. The quantitative estimate of drug-likeness (QED) is 0.576. The summed E-state index contributed by atoms with van der Waals surface area (Å²) in [4.78, 5) is 11.8. The maximum atomic E-state index is 13.4. The number of hydrogen-bond acceptors (Lipinski definition) is 3. The molecule has 0 radical (unpaired) electrons. The van der Waals surface area contributed by atoms with E-state index in [4.69, 9.17) is 10.0 Å². The first-order chi connectivity index (χ1) is 10.4. The molecule has 0 aliphatic heterocycles. The van der Waals surface area contributed by atoms with Gasteiger partial charge in [0.25, 0.3) is 5.91 Å². The van der Waals surface area contributed by atoms with Crippen LogP contribution in [0.4, 0.5) is 13.2 Å². The first-order valence-corrected chi connectivity index (χ1v) is 6.26. The van der Waals surface area contributed by atoms with Crippen molar-refractivity contribution in [3.05, 3.63) is 65.0 Å². The maximum absolute atomic E-state index is 13.4. The fourth-order valence-corrected chi connectivity index (χ4v) is 1.78. The van der Waals surface area contributed by atoms with Crippen molar-refractivity contribution in [1.82, 2.24) is 5.32 Å². The highest BCUT2D eigenvalue weighted by Crippen LogP contribution is 2.13. The zero-order valence-corrected chi connectivity index (χ0v) is 11.2. The monoisotopic (exact) mass is 309 g/mol. The Morgan fingerprint density at radius 1 is 1.00 bits per heavy atom. The van der Waals surface area contributed by atoms with Gasteiger partial charge in [0.1, 0.15) is 5.82 Å². The van der Waals surface area contributed by atoms with E-state index in [-0.39, 0.29) is 12.0 Å². The zero-order valence-electron chi connectivity index (χ0n) is 11.2. The van der Waals surface area contributed by atoms with Gasteiger partial charge in [0, 0.05) is 12.6 Å². The summed E-state index contributed by atoms with van der Waals surface area (Å²) in [5.41, 5.74) is 0.295. The Labute approximate surface area is 124 Å². The number of carbonyl (C=O) groups is 1. The molecule has 2 rings (SSSR count). The van der Waals surface area contributed by atoms with E-state index in [1.807, 2.05) is 0 Å². The van der Waals surface area contributed by atoms with E-state index >= 15 is 0 Å². The summed E-state index contributed by atoms with van der Waals surface area (Å²) in [6, 6.07) is 6.77. The molecular weight excluding hydrogens is 298 g/mol. The summed E-state index contributed by atoms with van der Waals surface area (Å²) in [5.74, 6) is -4.72. The van der Waals surface area contributed by atoms with E-state index < -0.39 is 36.0 Å². The van der Waals surface area contributed by atoms with Crippen molar-refractivity contribution in [2.24, 2.45) is 0 Å². The van der Waals surface area contributed by atoms with E-state index in [1.165, 1.54) is 24.3 Å². The summed E-state index contributed by atoms with van der Waals surface area (Å²) in [6.45, 7) is 0.0130. The van der Waals surface area contributed by atoms with E-state index in [1.54, 1.807) is 0 Å². The standard InChI is InChI=1S/C14H11BF3NO3/c16-11-6-13(18)12(17)5-10(11)14(20)19-7-8-1-3-9(4-2-8)15(21)22/h1-6,21-22H,7H2,(H,19,20). The van der Waals surface area contributed by atoms with Gasteiger partial charge >= 0.3 is 7.12 Å². The predicted molar refractivity (Wildman–Crippen MR) is 73.8 cm³/mol. The number of rotatable bonds is 4. The molecule has 0 aliphatic carbocycles. The van der Waals surface area contributed by atoms with Gasteiger partial charge in [-0.1, -0.05) is 24.3 Å². The highest BCUT2D eigenvalue weighted by atomic mass is 19.2. The number of carbonyl (C=O) groups excluding carboxylic acids is 1. The third-order valence-electron chi connectivity index (χ3n) is 2.99. The fraction of sp³-hybridized carbons (Fsp3) is 0.0714. The highest BCUT2D eigenvalue weighted by molar-refractivity contribution is 6.58. The van der Waals surface area contributed by atoms with Gasteiger partial charge in [0.05, 0.1) is 5.56 Å². The molecule has 3 N–H and O–H groups in total. The van der Waals surface area contributed by atoms with Crippen LogP contribution < -0.4 is 10.8 Å².